The number of hydrogen-bond donors (Lipinski definition) is 1. The number of aryl methyl sites for hydroxylation is 1. The fourth-order valence-electron chi connectivity index (χ4n) is 3.12. The lowest BCUT2D eigenvalue weighted by atomic mass is 9.98. The van der Waals surface area contributed by atoms with Crippen molar-refractivity contribution in [2.75, 3.05) is 13.1 Å². The Morgan fingerprint density at radius 1 is 1.39 bits per heavy atom. The monoisotopic (exact) mass is 270 g/mol. The fourth-order valence-corrected chi connectivity index (χ4v) is 4.62. The summed E-state index contributed by atoms with van der Waals surface area (Å²) in [5.41, 5.74) is 6.03. The summed E-state index contributed by atoms with van der Waals surface area (Å²) in [6.07, 6.45) is 5.12. The van der Waals surface area contributed by atoms with Crippen LogP contribution in [0.3, 0.4) is 0 Å². The van der Waals surface area contributed by atoms with Gasteiger partial charge in [0.2, 0.25) is 0 Å². The first-order chi connectivity index (χ1) is 8.48. The number of fused-ring (bicyclic) bond motifs is 1. The molecule has 3 atom stereocenters. The van der Waals surface area contributed by atoms with Gasteiger partial charge in [-0.2, -0.15) is 4.31 Å². The van der Waals surface area contributed by atoms with E-state index in [9.17, 15) is 8.42 Å². The number of hydrogen-bond acceptors (Lipinski definition) is 4. The molecule has 1 aliphatic carbocycles. The van der Waals surface area contributed by atoms with Crippen LogP contribution in [-0.2, 0) is 17.1 Å². The van der Waals surface area contributed by atoms with Crippen LogP contribution in [0.1, 0.15) is 12.8 Å². The van der Waals surface area contributed by atoms with E-state index in [0.29, 0.717) is 24.9 Å². The van der Waals surface area contributed by atoms with Crippen molar-refractivity contribution in [1.82, 2.24) is 13.9 Å². The molecule has 3 rings (SSSR count). The highest BCUT2D eigenvalue weighted by atomic mass is 32.2. The maximum atomic E-state index is 12.4. The van der Waals surface area contributed by atoms with E-state index in [-0.39, 0.29) is 11.1 Å². The third-order valence-corrected chi connectivity index (χ3v) is 5.88. The number of aromatic nitrogens is 2. The van der Waals surface area contributed by atoms with Gasteiger partial charge in [-0.05, 0) is 24.7 Å². The molecular weight excluding hydrogens is 252 g/mol. The van der Waals surface area contributed by atoms with Crippen LogP contribution < -0.4 is 5.73 Å². The Hall–Kier alpha value is -0.920. The molecule has 3 unspecified atom stereocenters. The Balaban J connectivity index is 1.84. The van der Waals surface area contributed by atoms with Crippen LogP contribution in [0.4, 0.5) is 0 Å². The summed E-state index contributed by atoms with van der Waals surface area (Å²) in [6, 6.07) is 0.152. The normalized spacial score (nSPS) is 32.9. The highest BCUT2D eigenvalue weighted by Crippen LogP contribution is 2.38. The molecule has 1 aliphatic heterocycles. The van der Waals surface area contributed by atoms with E-state index in [2.05, 4.69) is 4.98 Å². The Morgan fingerprint density at radius 2 is 2.17 bits per heavy atom. The molecule has 2 aliphatic rings. The first-order valence-electron chi connectivity index (χ1n) is 6.22. The molecule has 1 aromatic heterocycles. The Kier molecular flexibility index (Phi) is 2.72. The maximum absolute atomic E-state index is 12.4. The van der Waals surface area contributed by atoms with Crippen LogP contribution >= 0.6 is 0 Å². The SMILES string of the molecule is Cn1cnc(S(=O)(=O)N2CC3CCC(N)C3C2)c1. The summed E-state index contributed by atoms with van der Waals surface area (Å²) < 4.78 is 28.0. The van der Waals surface area contributed by atoms with Crippen molar-refractivity contribution in [3.05, 3.63) is 12.5 Å². The molecule has 1 saturated heterocycles. The summed E-state index contributed by atoms with van der Waals surface area (Å²) in [7, 11) is -1.67. The summed E-state index contributed by atoms with van der Waals surface area (Å²) in [5, 5.41) is 0.138. The van der Waals surface area contributed by atoms with Crippen molar-refractivity contribution in [2.24, 2.45) is 24.6 Å². The zero-order valence-electron chi connectivity index (χ0n) is 10.4. The summed E-state index contributed by atoms with van der Waals surface area (Å²) in [5.74, 6) is 0.752. The minimum absolute atomic E-state index is 0.138. The average Bonchev–Trinajstić information content (AvgIpc) is 2.96. The molecule has 1 aromatic rings. The largest absolute Gasteiger partial charge is 0.339 e. The van der Waals surface area contributed by atoms with Gasteiger partial charge in [0.1, 0.15) is 0 Å². The fraction of sp³-hybridized carbons (Fsp3) is 0.727. The van der Waals surface area contributed by atoms with Gasteiger partial charge in [-0.15, -0.1) is 0 Å². The molecule has 18 heavy (non-hydrogen) atoms. The number of rotatable bonds is 2. The zero-order chi connectivity index (χ0) is 12.9. The van der Waals surface area contributed by atoms with Crippen molar-refractivity contribution in [3.63, 3.8) is 0 Å². The third kappa shape index (κ3) is 1.77. The molecule has 6 nitrogen and oxygen atoms in total. The Morgan fingerprint density at radius 3 is 2.78 bits per heavy atom. The van der Waals surface area contributed by atoms with Gasteiger partial charge in [-0.3, -0.25) is 0 Å². The molecule has 2 fully saturated rings. The van der Waals surface area contributed by atoms with E-state index in [1.54, 1.807) is 22.1 Å². The summed E-state index contributed by atoms with van der Waals surface area (Å²) >= 11 is 0. The van der Waals surface area contributed by atoms with E-state index in [4.69, 9.17) is 5.73 Å². The quantitative estimate of drug-likeness (QED) is 0.805. The number of sulfonamides is 1. The predicted octanol–water partition coefficient (Wildman–Crippen LogP) is -0.222. The van der Waals surface area contributed by atoms with Crippen molar-refractivity contribution in [1.29, 1.82) is 0 Å². The van der Waals surface area contributed by atoms with Crippen molar-refractivity contribution >= 4 is 10.0 Å². The predicted molar refractivity (Wildman–Crippen MR) is 66.2 cm³/mol. The average molecular weight is 270 g/mol. The topological polar surface area (TPSA) is 81.2 Å². The first-order valence-corrected chi connectivity index (χ1v) is 7.66. The van der Waals surface area contributed by atoms with Gasteiger partial charge in [0.15, 0.2) is 5.03 Å². The van der Waals surface area contributed by atoms with Crippen LogP contribution in [0.25, 0.3) is 0 Å². The number of imidazole rings is 1. The van der Waals surface area contributed by atoms with Crippen molar-refractivity contribution < 1.29 is 8.42 Å². The van der Waals surface area contributed by atoms with Crippen LogP contribution in [0.2, 0.25) is 0 Å². The molecule has 7 heteroatoms. The first kappa shape index (κ1) is 12.1. The van der Waals surface area contributed by atoms with Gasteiger partial charge in [0, 0.05) is 32.4 Å². The molecular formula is C11H18N4O2S. The second-order valence-electron chi connectivity index (χ2n) is 5.36. The van der Waals surface area contributed by atoms with Crippen LogP contribution in [0.15, 0.2) is 17.6 Å². The lowest BCUT2D eigenvalue weighted by Crippen LogP contribution is -2.33. The van der Waals surface area contributed by atoms with E-state index >= 15 is 0 Å². The van der Waals surface area contributed by atoms with Crippen LogP contribution in [0.5, 0.6) is 0 Å². The van der Waals surface area contributed by atoms with Gasteiger partial charge in [-0.1, -0.05) is 0 Å². The lowest BCUT2D eigenvalue weighted by Gasteiger charge is -2.17. The minimum Gasteiger partial charge on any atom is -0.339 e. The molecule has 0 bridgehead atoms. The van der Waals surface area contributed by atoms with Crippen molar-refractivity contribution in [3.8, 4) is 0 Å². The zero-order valence-corrected chi connectivity index (χ0v) is 11.2. The second kappa shape index (κ2) is 4.04. The molecule has 0 radical (unpaired) electrons. The number of nitrogens with two attached hydrogens (primary N) is 1. The van der Waals surface area contributed by atoms with Gasteiger partial charge in [-0.25, -0.2) is 13.4 Å². The van der Waals surface area contributed by atoms with E-state index < -0.39 is 10.0 Å². The summed E-state index contributed by atoms with van der Waals surface area (Å²) in [4.78, 5) is 3.95. The minimum atomic E-state index is -3.44. The molecule has 2 heterocycles. The highest BCUT2D eigenvalue weighted by Gasteiger charge is 2.45. The Bertz CT molecular complexity index is 553. The third-order valence-electron chi connectivity index (χ3n) is 4.16. The molecule has 0 amide bonds. The van der Waals surface area contributed by atoms with Gasteiger partial charge in [0.25, 0.3) is 10.0 Å². The molecule has 0 aromatic carbocycles. The molecule has 2 N–H and O–H groups in total. The number of nitrogens with zero attached hydrogens (tertiary/aromatic N) is 3. The smallest absolute Gasteiger partial charge is 0.262 e. The van der Waals surface area contributed by atoms with Gasteiger partial charge in [0.05, 0.1) is 6.33 Å². The van der Waals surface area contributed by atoms with Gasteiger partial charge >= 0.3 is 0 Å². The van der Waals surface area contributed by atoms with Crippen LogP contribution in [-0.4, -0.2) is 41.4 Å². The van der Waals surface area contributed by atoms with E-state index in [1.807, 2.05) is 0 Å². The summed E-state index contributed by atoms with van der Waals surface area (Å²) in [6.45, 7) is 1.14. The van der Waals surface area contributed by atoms with Crippen molar-refractivity contribution in [2.45, 2.75) is 23.9 Å². The lowest BCUT2D eigenvalue weighted by molar-refractivity contribution is 0.426. The van der Waals surface area contributed by atoms with Gasteiger partial charge < -0.3 is 10.3 Å². The Labute approximate surface area is 107 Å². The highest BCUT2D eigenvalue weighted by molar-refractivity contribution is 7.89. The van der Waals surface area contributed by atoms with E-state index in [1.165, 1.54) is 6.33 Å². The molecule has 1 saturated carbocycles. The molecule has 100 valence electrons. The second-order valence-corrected chi connectivity index (χ2v) is 7.25. The maximum Gasteiger partial charge on any atom is 0.262 e. The standard InChI is InChI=1S/C11H18N4O2S/c1-14-6-11(13-7-14)18(16,17)15-4-8-2-3-10(12)9(8)5-15/h6-10H,2-5,12H2,1H3. The molecule has 0 spiro atoms. The van der Waals surface area contributed by atoms with E-state index in [0.717, 1.165) is 12.8 Å². The van der Waals surface area contributed by atoms with Crippen LogP contribution in [0, 0.1) is 11.8 Å².